The Morgan fingerprint density at radius 2 is 1.86 bits per heavy atom. The number of hydrogen-bond acceptors (Lipinski definition) is 5. The van der Waals surface area contributed by atoms with Crippen LogP contribution in [-0.4, -0.2) is 41.7 Å². The fraction of sp³-hybridized carbons (Fsp3) is 0.429. The summed E-state index contributed by atoms with van der Waals surface area (Å²) >= 11 is 0. The number of halogens is 1. The molecule has 29 heavy (non-hydrogen) atoms. The Balaban J connectivity index is 0.00000300. The predicted octanol–water partition coefficient (Wildman–Crippen LogP) is 3.84. The smallest absolute Gasteiger partial charge is 0.261 e. The molecule has 0 aliphatic carbocycles. The number of nitrogens with one attached hydrogen (secondary N) is 2. The van der Waals surface area contributed by atoms with Crippen molar-refractivity contribution >= 4 is 33.8 Å². The Hall–Kier alpha value is -1.96. The van der Waals surface area contributed by atoms with E-state index in [1.807, 2.05) is 24.3 Å². The number of piperazine rings is 1. The Labute approximate surface area is 180 Å². The van der Waals surface area contributed by atoms with Crippen LogP contribution in [0.25, 0.3) is 0 Å². The molecule has 1 atom stereocenters. The van der Waals surface area contributed by atoms with E-state index in [4.69, 9.17) is 4.74 Å². The van der Waals surface area contributed by atoms with Crippen molar-refractivity contribution in [3.8, 4) is 5.75 Å². The third-order valence-corrected chi connectivity index (χ3v) is 6.63. The van der Waals surface area contributed by atoms with Crippen molar-refractivity contribution < 1.29 is 13.2 Å². The minimum atomic E-state index is -3.71. The Bertz CT molecular complexity index is 915. The molecule has 3 rings (SSSR count). The number of sulfonamides is 1. The van der Waals surface area contributed by atoms with Crippen LogP contribution in [0.15, 0.2) is 47.4 Å². The van der Waals surface area contributed by atoms with E-state index in [-0.39, 0.29) is 23.2 Å². The molecule has 0 saturated carbocycles. The maximum atomic E-state index is 13.1. The van der Waals surface area contributed by atoms with Gasteiger partial charge in [-0.05, 0) is 42.2 Å². The minimum Gasteiger partial charge on any atom is -0.495 e. The van der Waals surface area contributed by atoms with Gasteiger partial charge in [-0.1, -0.05) is 32.0 Å². The van der Waals surface area contributed by atoms with Crippen LogP contribution in [-0.2, 0) is 10.0 Å². The summed E-state index contributed by atoms with van der Waals surface area (Å²) < 4.78 is 34.5. The molecular weight excluding hydrogens is 410 g/mol. The van der Waals surface area contributed by atoms with E-state index in [0.29, 0.717) is 11.4 Å². The fourth-order valence-electron chi connectivity index (χ4n) is 3.43. The van der Waals surface area contributed by atoms with Crippen LogP contribution < -0.4 is 19.7 Å². The number of nitrogens with zero attached hydrogens (tertiary/aromatic N) is 1. The number of para-hydroxylation sites is 1. The van der Waals surface area contributed by atoms with Gasteiger partial charge in [0.05, 0.1) is 23.4 Å². The first kappa shape index (κ1) is 23.3. The van der Waals surface area contributed by atoms with Crippen molar-refractivity contribution in [3.63, 3.8) is 0 Å². The highest BCUT2D eigenvalue weighted by Crippen LogP contribution is 2.33. The van der Waals surface area contributed by atoms with Gasteiger partial charge in [0.15, 0.2) is 0 Å². The highest BCUT2D eigenvalue weighted by atomic mass is 35.5. The second-order valence-electron chi connectivity index (χ2n) is 7.07. The quantitative estimate of drug-likeness (QED) is 0.685. The molecule has 1 heterocycles. The summed E-state index contributed by atoms with van der Waals surface area (Å²) in [7, 11) is -2.10. The molecule has 1 aliphatic heterocycles. The van der Waals surface area contributed by atoms with Gasteiger partial charge in [-0.25, -0.2) is 8.42 Å². The van der Waals surface area contributed by atoms with Gasteiger partial charge in [-0.2, -0.15) is 0 Å². The number of anilines is 2. The van der Waals surface area contributed by atoms with Crippen molar-refractivity contribution in [2.45, 2.75) is 31.1 Å². The van der Waals surface area contributed by atoms with Crippen molar-refractivity contribution in [2.75, 3.05) is 42.9 Å². The zero-order valence-electron chi connectivity index (χ0n) is 17.1. The second kappa shape index (κ2) is 10.2. The summed E-state index contributed by atoms with van der Waals surface area (Å²) in [6.45, 7) is 7.54. The lowest BCUT2D eigenvalue weighted by molar-refractivity contribution is 0.412. The molecule has 0 amide bonds. The van der Waals surface area contributed by atoms with E-state index < -0.39 is 10.0 Å². The molecule has 8 heteroatoms. The van der Waals surface area contributed by atoms with Gasteiger partial charge in [0.2, 0.25) is 0 Å². The predicted molar refractivity (Wildman–Crippen MR) is 121 cm³/mol. The van der Waals surface area contributed by atoms with E-state index in [9.17, 15) is 8.42 Å². The summed E-state index contributed by atoms with van der Waals surface area (Å²) in [5.74, 6) is 0.951. The molecule has 0 aromatic heterocycles. The average Bonchev–Trinajstić information content (AvgIpc) is 2.73. The van der Waals surface area contributed by atoms with E-state index in [2.05, 4.69) is 28.8 Å². The lowest BCUT2D eigenvalue weighted by Gasteiger charge is -2.30. The maximum Gasteiger partial charge on any atom is 0.261 e. The monoisotopic (exact) mass is 439 g/mol. The zero-order chi connectivity index (χ0) is 20.1. The van der Waals surface area contributed by atoms with Crippen LogP contribution in [0.1, 0.15) is 31.7 Å². The number of hydrogen-bond donors (Lipinski definition) is 2. The van der Waals surface area contributed by atoms with Gasteiger partial charge in [0, 0.05) is 26.2 Å². The lowest BCUT2D eigenvalue weighted by Crippen LogP contribution is -2.43. The number of ether oxygens (including phenoxy) is 1. The Kier molecular flexibility index (Phi) is 8.19. The summed E-state index contributed by atoms with van der Waals surface area (Å²) in [6, 6.07) is 12.6. The summed E-state index contributed by atoms with van der Waals surface area (Å²) in [5, 5.41) is 3.31. The number of methoxy groups -OCH3 is 1. The third kappa shape index (κ3) is 5.35. The van der Waals surface area contributed by atoms with Crippen LogP contribution in [0.3, 0.4) is 0 Å². The van der Waals surface area contributed by atoms with Gasteiger partial charge < -0.3 is 15.0 Å². The topological polar surface area (TPSA) is 70.7 Å². The SMILES string of the molecule is CCC(C)c1ccccc1NS(=O)(=O)c1ccc(OC)c(N2CCNCC2)c1.Cl. The molecule has 1 fully saturated rings. The van der Waals surface area contributed by atoms with Gasteiger partial charge >= 0.3 is 0 Å². The molecule has 0 radical (unpaired) electrons. The number of rotatable bonds is 7. The largest absolute Gasteiger partial charge is 0.495 e. The van der Waals surface area contributed by atoms with Gasteiger partial charge in [0.25, 0.3) is 10.0 Å². The van der Waals surface area contributed by atoms with E-state index in [1.54, 1.807) is 25.3 Å². The summed E-state index contributed by atoms with van der Waals surface area (Å²) in [4.78, 5) is 2.39. The Morgan fingerprint density at radius 3 is 2.52 bits per heavy atom. The van der Waals surface area contributed by atoms with Crippen molar-refractivity contribution in [3.05, 3.63) is 48.0 Å². The van der Waals surface area contributed by atoms with Crippen LogP contribution in [0.4, 0.5) is 11.4 Å². The van der Waals surface area contributed by atoms with Gasteiger partial charge in [0.1, 0.15) is 5.75 Å². The van der Waals surface area contributed by atoms with Crippen LogP contribution in [0.5, 0.6) is 5.75 Å². The first-order valence-electron chi connectivity index (χ1n) is 9.71. The van der Waals surface area contributed by atoms with Crippen LogP contribution in [0, 0.1) is 0 Å². The first-order chi connectivity index (χ1) is 13.5. The van der Waals surface area contributed by atoms with Crippen molar-refractivity contribution in [1.82, 2.24) is 5.32 Å². The molecule has 2 N–H and O–H groups in total. The molecule has 1 unspecified atom stereocenters. The lowest BCUT2D eigenvalue weighted by atomic mass is 9.97. The van der Waals surface area contributed by atoms with Gasteiger partial charge in [-0.15, -0.1) is 12.4 Å². The first-order valence-corrected chi connectivity index (χ1v) is 11.2. The molecule has 1 saturated heterocycles. The van der Waals surface area contributed by atoms with Crippen LogP contribution in [0.2, 0.25) is 0 Å². The van der Waals surface area contributed by atoms with Gasteiger partial charge in [-0.3, -0.25) is 4.72 Å². The number of benzene rings is 2. The van der Waals surface area contributed by atoms with Crippen molar-refractivity contribution in [2.24, 2.45) is 0 Å². The third-order valence-electron chi connectivity index (χ3n) is 5.27. The fourth-order valence-corrected chi connectivity index (χ4v) is 4.54. The highest BCUT2D eigenvalue weighted by Gasteiger charge is 2.22. The second-order valence-corrected chi connectivity index (χ2v) is 8.76. The standard InChI is InChI=1S/C21H29N3O3S.ClH/c1-4-16(2)18-7-5-6-8-19(18)23-28(25,26)17-9-10-21(27-3)20(15-17)24-13-11-22-12-14-24;/h5-10,15-16,22-23H,4,11-14H2,1-3H3;1H. The van der Waals surface area contributed by atoms with Crippen LogP contribution >= 0.6 is 12.4 Å². The molecule has 0 spiro atoms. The van der Waals surface area contributed by atoms with E-state index in [0.717, 1.165) is 43.9 Å². The molecule has 2 aromatic carbocycles. The van der Waals surface area contributed by atoms with E-state index in [1.165, 1.54) is 0 Å². The molecule has 0 bridgehead atoms. The normalized spacial score (nSPS) is 15.3. The molecule has 1 aliphatic rings. The summed E-state index contributed by atoms with van der Waals surface area (Å²) in [5.41, 5.74) is 2.45. The summed E-state index contributed by atoms with van der Waals surface area (Å²) in [6.07, 6.45) is 0.939. The zero-order valence-corrected chi connectivity index (χ0v) is 18.8. The Morgan fingerprint density at radius 1 is 1.17 bits per heavy atom. The highest BCUT2D eigenvalue weighted by molar-refractivity contribution is 7.92. The molecular formula is C21H30ClN3O3S. The minimum absolute atomic E-state index is 0. The molecule has 2 aromatic rings. The van der Waals surface area contributed by atoms with Crippen molar-refractivity contribution in [1.29, 1.82) is 0 Å². The maximum absolute atomic E-state index is 13.1. The van der Waals surface area contributed by atoms with E-state index >= 15 is 0 Å². The molecule has 160 valence electrons. The molecule has 6 nitrogen and oxygen atoms in total. The average molecular weight is 440 g/mol.